The normalized spacial score (nSPS) is 26.3. The molecule has 1 rings (SSSR count). The van der Waals surface area contributed by atoms with Crippen LogP contribution >= 0.6 is 0 Å². The highest BCUT2D eigenvalue weighted by Gasteiger charge is 2.21. The zero-order valence-corrected chi connectivity index (χ0v) is 6.31. The molecule has 0 saturated carbocycles. The predicted octanol–water partition coefficient (Wildman–Crippen LogP) is 1.44. The zero-order valence-electron chi connectivity index (χ0n) is 6.31. The van der Waals surface area contributed by atoms with Gasteiger partial charge in [0, 0.05) is 11.6 Å². The highest BCUT2D eigenvalue weighted by Crippen LogP contribution is 2.18. The molecule has 0 aromatic rings. The molecule has 1 N–H and O–H groups in total. The number of piperidine rings is 1. The van der Waals surface area contributed by atoms with Gasteiger partial charge in [-0.1, -0.05) is 13.5 Å². The van der Waals surface area contributed by atoms with E-state index in [2.05, 4.69) is 11.9 Å². The number of carbonyl (C=O) groups is 1. The molecule has 0 aliphatic carbocycles. The van der Waals surface area contributed by atoms with E-state index in [1.807, 2.05) is 6.92 Å². The van der Waals surface area contributed by atoms with E-state index in [-0.39, 0.29) is 11.8 Å². The fourth-order valence-corrected chi connectivity index (χ4v) is 1.21. The largest absolute Gasteiger partial charge is 0.330 e. The van der Waals surface area contributed by atoms with Crippen LogP contribution in [0.4, 0.5) is 0 Å². The Morgan fingerprint density at radius 3 is 3.00 bits per heavy atom. The number of nitrogens with one attached hydrogen (secondary N) is 1. The first-order chi connectivity index (χ1) is 4.74. The van der Waals surface area contributed by atoms with Gasteiger partial charge in [-0.25, -0.2) is 0 Å². The molecule has 1 atom stereocenters. The van der Waals surface area contributed by atoms with Crippen molar-refractivity contribution in [2.75, 3.05) is 0 Å². The Kier molecular flexibility index (Phi) is 2.10. The second-order valence-corrected chi connectivity index (χ2v) is 2.74. The monoisotopic (exact) mass is 139 g/mol. The molecule has 1 amide bonds. The molecule has 0 aromatic carbocycles. The van der Waals surface area contributed by atoms with Crippen LogP contribution in [0.3, 0.4) is 0 Å². The number of hydrogen-bond acceptors (Lipinski definition) is 1. The maximum Gasteiger partial charge on any atom is 0.227 e. The molecule has 0 spiro atoms. The Balaban J connectivity index is 2.51. The van der Waals surface area contributed by atoms with E-state index in [1.54, 1.807) is 0 Å². The average Bonchev–Trinajstić information content (AvgIpc) is 1.88. The van der Waals surface area contributed by atoms with Crippen LogP contribution in [0.5, 0.6) is 0 Å². The molecule has 0 aromatic heterocycles. The molecule has 2 nitrogen and oxygen atoms in total. The van der Waals surface area contributed by atoms with E-state index in [1.165, 1.54) is 0 Å². The highest BCUT2D eigenvalue weighted by molar-refractivity contribution is 5.81. The Labute approximate surface area is 61.3 Å². The predicted molar refractivity (Wildman–Crippen MR) is 40.3 cm³/mol. The van der Waals surface area contributed by atoms with Crippen molar-refractivity contribution in [3.63, 3.8) is 0 Å². The van der Waals surface area contributed by atoms with Crippen molar-refractivity contribution in [2.45, 2.75) is 26.2 Å². The number of rotatable bonds is 1. The number of carbonyl (C=O) groups excluding carboxylic acids is 1. The number of amides is 1. The molecule has 10 heavy (non-hydrogen) atoms. The quantitative estimate of drug-likeness (QED) is 0.585. The van der Waals surface area contributed by atoms with Gasteiger partial charge in [0.15, 0.2) is 0 Å². The maximum absolute atomic E-state index is 11.1. The molecule has 1 aliphatic heterocycles. The van der Waals surface area contributed by atoms with Gasteiger partial charge in [-0.2, -0.15) is 0 Å². The second-order valence-electron chi connectivity index (χ2n) is 2.74. The Hall–Kier alpha value is -0.790. The first-order valence-corrected chi connectivity index (χ1v) is 3.72. The molecule has 1 heterocycles. The molecule has 1 unspecified atom stereocenters. The molecular formula is C8H13NO. The van der Waals surface area contributed by atoms with Gasteiger partial charge in [0.2, 0.25) is 5.91 Å². The van der Waals surface area contributed by atoms with Crippen molar-refractivity contribution in [2.24, 2.45) is 5.92 Å². The summed E-state index contributed by atoms with van der Waals surface area (Å²) in [7, 11) is 0. The minimum atomic E-state index is 0.152. The molecule has 2 heteroatoms. The van der Waals surface area contributed by atoms with Gasteiger partial charge in [0.25, 0.3) is 0 Å². The molecular weight excluding hydrogens is 126 g/mol. The van der Waals surface area contributed by atoms with Crippen LogP contribution in [0.1, 0.15) is 26.2 Å². The van der Waals surface area contributed by atoms with E-state index < -0.39 is 0 Å². The minimum absolute atomic E-state index is 0.152. The maximum atomic E-state index is 11.1. The lowest BCUT2D eigenvalue weighted by Gasteiger charge is -2.21. The SMILES string of the molecule is C=C1CCC(CC)C(=O)N1. The van der Waals surface area contributed by atoms with Crippen LogP contribution in [0.25, 0.3) is 0 Å². The lowest BCUT2D eigenvalue weighted by Crippen LogP contribution is -2.34. The summed E-state index contributed by atoms with van der Waals surface area (Å²) in [5.74, 6) is 0.379. The first-order valence-electron chi connectivity index (χ1n) is 3.72. The summed E-state index contributed by atoms with van der Waals surface area (Å²) in [5.41, 5.74) is 0.870. The minimum Gasteiger partial charge on any atom is -0.330 e. The van der Waals surface area contributed by atoms with Gasteiger partial charge in [0.1, 0.15) is 0 Å². The average molecular weight is 139 g/mol. The second kappa shape index (κ2) is 2.86. The third-order valence-corrected chi connectivity index (χ3v) is 1.96. The smallest absolute Gasteiger partial charge is 0.227 e. The Morgan fingerprint density at radius 1 is 1.80 bits per heavy atom. The summed E-state index contributed by atoms with van der Waals surface area (Å²) in [6.07, 6.45) is 2.87. The topological polar surface area (TPSA) is 29.1 Å². The first kappa shape index (κ1) is 7.32. The summed E-state index contributed by atoms with van der Waals surface area (Å²) < 4.78 is 0. The van der Waals surface area contributed by atoms with E-state index in [0.29, 0.717) is 0 Å². The van der Waals surface area contributed by atoms with Crippen molar-refractivity contribution in [1.82, 2.24) is 5.32 Å². The molecule has 0 bridgehead atoms. The number of hydrogen-bond donors (Lipinski definition) is 1. The lowest BCUT2D eigenvalue weighted by atomic mass is 9.95. The van der Waals surface area contributed by atoms with Crippen molar-refractivity contribution < 1.29 is 4.79 Å². The van der Waals surface area contributed by atoms with Gasteiger partial charge >= 0.3 is 0 Å². The van der Waals surface area contributed by atoms with Crippen LogP contribution in [-0.2, 0) is 4.79 Å². The summed E-state index contributed by atoms with van der Waals surface area (Å²) in [4.78, 5) is 11.1. The standard InChI is InChI=1S/C8H13NO/c1-3-7-5-4-6(2)9-8(7)10/h7H,2-5H2,1H3,(H,9,10). The molecule has 1 fully saturated rings. The fourth-order valence-electron chi connectivity index (χ4n) is 1.21. The van der Waals surface area contributed by atoms with Gasteiger partial charge in [0.05, 0.1) is 0 Å². The van der Waals surface area contributed by atoms with Crippen LogP contribution in [0, 0.1) is 5.92 Å². The van der Waals surface area contributed by atoms with Crippen molar-refractivity contribution in [3.05, 3.63) is 12.3 Å². The summed E-state index contributed by atoms with van der Waals surface area (Å²) >= 11 is 0. The lowest BCUT2D eigenvalue weighted by molar-refractivity contribution is -0.125. The van der Waals surface area contributed by atoms with Gasteiger partial charge in [-0.05, 0) is 19.3 Å². The third-order valence-electron chi connectivity index (χ3n) is 1.96. The molecule has 1 aliphatic rings. The van der Waals surface area contributed by atoms with Gasteiger partial charge in [-0.3, -0.25) is 4.79 Å². The molecule has 56 valence electrons. The Bertz CT molecular complexity index is 163. The van der Waals surface area contributed by atoms with E-state index in [0.717, 1.165) is 25.0 Å². The van der Waals surface area contributed by atoms with E-state index in [9.17, 15) is 4.79 Å². The Morgan fingerprint density at radius 2 is 2.50 bits per heavy atom. The van der Waals surface area contributed by atoms with Crippen molar-refractivity contribution >= 4 is 5.91 Å². The summed E-state index contributed by atoms with van der Waals surface area (Å²) in [5, 5.41) is 2.75. The zero-order chi connectivity index (χ0) is 7.56. The molecule has 0 radical (unpaired) electrons. The fraction of sp³-hybridized carbons (Fsp3) is 0.625. The summed E-state index contributed by atoms with van der Waals surface area (Å²) in [6.45, 7) is 5.74. The van der Waals surface area contributed by atoms with Crippen LogP contribution < -0.4 is 5.32 Å². The van der Waals surface area contributed by atoms with Crippen LogP contribution in [0.2, 0.25) is 0 Å². The third kappa shape index (κ3) is 1.38. The van der Waals surface area contributed by atoms with Crippen LogP contribution in [0.15, 0.2) is 12.3 Å². The van der Waals surface area contributed by atoms with Crippen LogP contribution in [-0.4, -0.2) is 5.91 Å². The summed E-state index contributed by atoms with van der Waals surface area (Å²) in [6, 6.07) is 0. The van der Waals surface area contributed by atoms with Gasteiger partial charge < -0.3 is 5.32 Å². The van der Waals surface area contributed by atoms with Crippen molar-refractivity contribution in [1.29, 1.82) is 0 Å². The van der Waals surface area contributed by atoms with Gasteiger partial charge in [-0.15, -0.1) is 0 Å². The van der Waals surface area contributed by atoms with E-state index >= 15 is 0 Å². The molecule has 1 saturated heterocycles. The van der Waals surface area contributed by atoms with Crippen molar-refractivity contribution in [3.8, 4) is 0 Å². The number of allylic oxidation sites excluding steroid dienone is 1. The highest BCUT2D eigenvalue weighted by atomic mass is 16.1. The van der Waals surface area contributed by atoms with E-state index in [4.69, 9.17) is 0 Å².